The van der Waals surface area contributed by atoms with E-state index in [0.717, 1.165) is 44.2 Å². The molecule has 1 aliphatic rings. The number of ether oxygens (including phenoxy) is 1. The first-order valence-corrected chi connectivity index (χ1v) is 8.73. The Morgan fingerprint density at radius 3 is 2.88 bits per heavy atom. The molecule has 1 aliphatic heterocycles. The summed E-state index contributed by atoms with van der Waals surface area (Å²) in [6.45, 7) is 3.93. The molecule has 0 radical (unpaired) electrons. The maximum Gasteiger partial charge on any atom is 0.151 e. The van der Waals surface area contributed by atoms with Crippen molar-refractivity contribution in [3.63, 3.8) is 0 Å². The maximum atomic E-state index is 5.76. The minimum absolute atomic E-state index is 0.529. The van der Waals surface area contributed by atoms with Crippen LogP contribution >= 0.6 is 0 Å². The second kappa shape index (κ2) is 8.64. The second-order valence-electron chi connectivity index (χ2n) is 6.35. The summed E-state index contributed by atoms with van der Waals surface area (Å²) in [5, 5.41) is 8.28. The van der Waals surface area contributed by atoms with Crippen molar-refractivity contribution in [2.75, 3.05) is 38.2 Å². The van der Waals surface area contributed by atoms with Crippen molar-refractivity contribution >= 4 is 5.82 Å². The van der Waals surface area contributed by atoms with E-state index in [0.29, 0.717) is 6.04 Å². The van der Waals surface area contributed by atoms with Crippen LogP contribution in [0.25, 0.3) is 0 Å². The fraction of sp³-hybridized carbons (Fsp3) is 0.474. The molecule has 1 atom stereocenters. The minimum Gasteiger partial charge on any atom is -0.494 e. The Labute approximate surface area is 144 Å². The van der Waals surface area contributed by atoms with Crippen LogP contribution in [0.5, 0.6) is 5.75 Å². The molecule has 2 heterocycles. The van der Waals surface area contributed by atoms with Crippen LogP contribution in [0.2, 0.25) is 0 Å². The minimum atomic E-state index is 0.529. The molecule has 0 saturated carbocycles. The number of hydrogen-bond acceptors (Lipinski definition) is 5. The highest BCUT2D eigenvalue weighted by molar-refractivity contribution is 5.39. The summed E-state index contributed by atoms with van der Waals surface area (Å²) in [6, 6.07) is 14.6. The molecule has 128 valence electrons. The van der Waals surface area contributed by atoms with Gasteiger partial charge in [-0.05, 0) is 50.6 Å². The number of likely N-dealkylation sites (N-methyl/N-ethyl adjacent to an activating group) is 1. The lowest BCUT2D eigenvalue weighted by Crippen LogP contribution is -2.39. The van der Waals surface area contributed by atoms with Crippen molar-refractivity contribution in [2.24, 2.45) is 0 Å². The molecule has 1 aromatic heterocycles. The van der Waals surface area contributed by atoms with Crippen LogP contribution in [0.3, 0.4) is 0 Å². The molecule has 24 heavy (non-hydrogen) atoms. The molecule has 0 aliphatic carbocycles. The van der Waals surface area contributed by atoms with Gasteiger partial charge >= 0.3 is 0 Å². The molecule has 0 amide bonds. The SMILES string of the molecule is CN(CCCOc1ccccc1)CC1CCCN1c1cccnn1. The summed E-state index contributed by atoms with van der Waals surface area (Å²) in [6.07, 6.45) is 5.21. The third-order valence-electron chi connectivity index (χ3n) is 4.45. The molecule has 2 aromatic rings. The number of nitrogens with zero attached hydrogens (tertiary/aromatic N) is 4. The third kappa shape index (κ3) is 4.68. The highest BCUT2D eigenvalue weighted by atomic mass is 16.5. The first-order chi connectivity index (χ1) is 11.8. The van der Waals surface area contributed by atoms with Gasteiger partial charge in [-0.3, -0.25) is 0 Å². The van der Waals surface area contributed by atoms with Gasteiger partial charge in [0, 0.05) is 31.9 Å². The lowest BCUT2D eigenvalue weighted by molar-refractivity contribution is 0.254. The number of benzene rings is 1. The van der Waals surface area contributed by atoms with Crippen LogP contribution in [0, 0.1) is 0 Å². The summed E-state index contributed by atoms with van der Waals surface area (Å²) < 4.78 is 5.76. The van der Waals surface area contributed by atoms with Crippen molar-refractivity contribution in [3.05, 3.63) is 48.7 Å². The van der Waals surface area contributed by atoms with Crippen molar-refractivity contribution in [1.29, 1.82) is 0 Å². The van der Waals surface area contributed by atoms with Crippen LogP contribution in [-0.2, 0) is 0 Å². The Morgan fingerprint density at radius 1 is 1.21 bits per heavy atom. The fourth-order valence-electron chi connectivity index (χ4n) is 3.27. The monoisotopic (exact) mass is 326 g/mol. The summed E-state index contributed by atoms with van der Waals surface area (Å²) >= 11 is 0. The van der Waals surface area contributed by atoms with Gasteiger partial charge in [-0.15, -0.1) is 5.10 Å². The molecule has 1 saturated heterocycles. The first-order valence-electron chi connectivity index (χ1n) is 8.73. The van der Waals surface area contributed by atoms with E-state index in [1.54, 1.807) is 6.20 Å². The third-order valence-corrected chi connectivity index (χ3v) is 4.45. The predicted octanol–water partition coefficient (Wildman–Crippen LogP) is 2.85. The van der Waals surface area contributed by atoms with Gasteiger partial charge < -0.3 is 14.5 Å². The van der Waals surface area contributed by atoms with Gasteiger partial charge in [0.25, 0.3) is 0 Å². The van der Waals surface area contributed by atoms with Gasteiger partial charge in [-0.2, -0.15) is 5.10 Å². The number of aromatic nitrogens is 2. The van der Waals surface area contributed by atoms with E-state index >= 15 is 0 Å². The lowest BCUT2D eigenvalue weighted by atomic mass is 10.2. The summed E-state index contributed by atoms with van der Waals surface area (Å²) in [4.78, 5) is 4.79. The van der Waals surface area contributed by atoms with Gasteiger partial charge in [0.2, 0.25) is 0 Å². The van der Waals surface area contributed by atoms with Crippen LogP contribution in [0.15, 0.2) is 48.7 Å². The van der Waals surface area contributed by atoms with Crippen molar-refractivity contribution in [3.8, 4) is 5.75 Å². The number of hydrogen-bond donors (Lipinski definition) is 0. The molecular formula is C19H26N4O. The Hall–Kier alpha value is -2.14. The standard InChI is InChI=1S/C19H26N4O/c1-22(13-7-15-24-18-9-3-2-4-10-18)16-17-8-6-14-23(17)19-11-5-12-20-21-19/h2-5,9-12,17H,6-8,13-16H2,1H3. The number of anilines is 1. The van der Waals surface area contributed by atoms with E-state index in [4.69, 9.17) is 4.74 Å². The zero-order valence-electron chi connectivity index (χ0n) is 14.3. The number of rotatable bonds is 8. The summed E-state index contributed by atoms with van der Waals surface area (Å²) in [5.74, 6) is 1.95. The Bertz CT molecular complexity index is 593. The van der Waals surface area contributed by atoms with Gasteiger partial charge in [0.15, 0.2) is 5.82 Å². The Balaban J connectivity index is 1.40. The topological polar surface area (TPSA) is 41.5 Å². The quantitative estimate of drug-likeness (QED) is 0.698. The fourth-order valence-corrected chi connectivity index (χ4v) is 3.27. The van der Waals surface area contributed by atoms with E-state index in [9.17, 15) is 0 Å². The van der Waals surface area contributed by atoms with E-state index in [1.807, 2.05) is 36.4 Å². The molecular weight excluding hydrogens is 300 g/mol. The molecule has 0 spiro atoms. The highest BCUT2D eigenvalue weighted by Crippen LogP contribution is 2.23. The molecule has 1 unspecified atom stereocenters. The van der Waals surface area contributed by atoms with Crippen LogP contribution in [0.1, 0.15) is 19.3 Å². The summed E-state index contributed by atoms with van der Waals surface area (Å²) in [7, 11) is 2.19. The maximum absolute atomic E-state index is 5.76. The lowest BCUT2D eigenvalue weighted by Gasteiger charge is -2.29. The normalized spacial score (nSPS) is 17.4. The Kier molecular flexibility index (Phi) is 6.01. The van der Waals surface area contributed by atoms with E-state index < -0.39 is 0 Å². The van der Waals surface area contributed by atoms with E-state index in [1.165, 1.54) is 12.8 Å². The molecule has 0 bridgehead atoms. The van der Waals surface area contributed by atoms with Crippen molar-refractivity contribution in [1.82, 2.24) is 15.1 Å². The van der Waals surface area contributed by atoms with Crippen molar-refractivity contribution in [2.45, 2.75) is 25.3 Å². The Morgan fingerprint density at radius 2 is 2.08 bits per heavy atom. The van der Waals surface area contributed by atoms with Crippen LogP contribution in [0.4, 0.5) is 5.82 Å². The average molecular weight is 326 g/mol. The molecule has 5 heteroatoms. The zero-order valence-corrected chi connectivity index (χ0v) is 14.3. The van der Waals surface area contributed by atoms with Crippen LogP contribution < -0.4 is 9.64 Å². The van der Waals surface area contributed by atoms with Crippen molar-refractivity contribution < 1.29 is 4.74 Å². The van der Waals surface area contributed by atoms with Gasteiger partial charge in [-0.25, -0.2) is 0 Å². The van der Waals surface area contributed by atoms with E-state index in [2.05, 4.69) is 33.1 Å². The zero-order chi connectivity index (χ0) is 16.6. The van der Waals surface area contributed by atoms with Gasteiger partial charge in [0.05, 0.1) is 6.61 Å². The largest absolute Gasteiger partial charge is 0.494 e. The van der Waals surface area contributed by atoms with E-state index in [-0.39, 0.29) is 0 Å². The van der Waals surface area contributed by atoms with Crippen LogP contribution in [-0.4, -0.2) is 54.4 Å². The highest BCUT2D eigenvalue weighted by Gasteiger charge is 2.26. The predicted molar refractivity (Wildman–Crippen MR) is 96.5 cm³/mol. The molecule has 1 fully saturated rings. The van der Waals surface area contributed by atoms with Gasteiger partial charge in [0.1, 0.15) is 5.75 Å². The molecule has 3 rings (SSSR count). The first kappa shape index (κ1) is 16.7. The summed E-state index contributed by atoms with van der Waals surface area (Å²) in [5.41, 5.74) is 0. The molecule has 1 aromatic carbocycles. The average Bonchev–Trinajstić information content (AvgIpc) is 3.08. The molecule has 5 nitrogen and oxygen atoms in total. The second-order valence-corrected chi connectivity index (χ2v) is 6.35. The molecule has 0 N–H and O–H groups in total. The van der Waals surface area contributed by atoms with Gasteiger partial charge in [-0.1, -0.05) is 18.2 Å². The smallest absolute Gasteiger partial charge is 0.151 e. The number of para-hydroxylation sites is 1.